The largest absolute Gasteiger partial charge is 0.258 e. The molecule has 3 aromatic heterocycles. The lowest BCUT2D eigenvalue weighted by Crippen LogP contribution is -1.97. The lowest BCUT2D eigenvalue weighted by Gasteiger charge is -1.96. The minimum absolute atomic E-state index is 0.792. The highest BCUT2D eigenvalue weighted by Crippen LogP contribution is 2.06. The first kappa shape index (κ1) is 54.2. The quantitative estimate of drug-likeness (QED) is 0.154. The molecule has 0 aliphatic carbocycles. The van der Waals surface area contributed by atoms with E-state index < -0.39 is 0 Å². The van der Waals surface area contributed by atoms with Crippen molar-refractivity contribution in [2.75, 3.05) is 0 Å². The molecule has 0 radical (unpaired) electrons. The lowest BCUT2D eigenvalue weighted by atomic mass is 10.1. The number of aryl methyl sites for hydroxylation is 13. The molecule has 6 heteroatoms. The van der Waals surface area contributed by atoms with E-state index in [-0.39, 0.29) is 0 Å². The highest BCUT2D eigenvalue weighted by atomic mass is 15.0. The fourth-order valence-electron chi connectivity index (χ4n) is 4.57. The molecule has 0 spiro atoms. The summed E-state index contributed by atoms with van der Waals surface area (Å²) in [5.41, 5.74) is 11.3. The molecule has 0 saturated heterocycles. The van der Waals surface area contributed by atoms with Crippen LogP contribution in [0.2, 0.25) is 0 Å². The number of pyridine rings is 1. The maximum Gasteiger partial charge on any atom is 0.129 e. The Hall–Kier alpha value is -5.10. The Labute approximate surface area is 337 Å². The zero-order chi connectivity index (χ0) is 42.8. The van der Waals surface area contributed by atoms with Crippen molar-refractivity contribution in [3.05, 3.63) is 177 Å². The van der Waals surface area contributed by atoms with Gasteiger partial charge >= 0.3 is 0 Å². The predicted molar refractivity (Wildman–Crippen MR) is 241 cm³/mol. The third-order valence-electron chi connectivity index (χ3n) is 6.39. The van der Waals surface area contributed by atoms with E-state index in [9.17, 15) is 0 Å². The zero-order valence-corrected chi connectivity index (χ0v) is 38.0. The van der Waals surface area contributed by atoms with Crippen LogP contribution in [0.5, 0.6) is 0 Å². The molecule has 0 atom stereocenters. The summed E-state index contributed by atoms with van der Waals surface area (Å²) in [5.74, 6) is 3.21. The summed E-state index contributed by atoms with van der Waals surface area (Å²) in [6.07, 6.45) is 1.76. The first-order valence-electron chi connectivity index (χ1n) is 19.5. The molecule has 3 aromatic carbocycles. The molecule has 0 saturated carbocycles. The van der Waals surface area contributed by atoms with Crippen LogP contribution in [0.4, 0.5) is 0 Å². The minimum Gasteiger partial charge on any atom is -0.258 e. The summed E-state index contributed by atoms with van der Waals surface area (Å²) in [6.45, 7) is 38.1. The summed E-state index contributed by atoms with van der Waals surface area (Å²) in [4.78, 5) is 24.2. The second-order valence-corrected chi connectivity index (χ2v) is 12.1. The van der Waals surface area contributed by atoms with Gasteiger partial charge in [0, 0.05) is 23.3 Å². The van der Waals surface area contributed by atoms with Gasteiger partial charge in [-0.15, -0.1) is 0 Å². The van der Waals surface area contributed by atoms with Gasteiger partial charge in [-0.3, -0.25) is 4.98 Å². The van der Waals surface area contributed by atoms with Gasteiger partial charge in [-0.25, -0.2) is 24.9 Å². The standard InChI is InChI=1S/C9H12.C8H10.C7H9N.C7H8.C6H9N3.C6H8N2.3C2H6/c1-7-4-8(2)6-9(3)5-7;1-7-4-3-5-8(2)6-7;1-6-4-3-5-7(2)8-6;1-7-5-3-2-4-6-7;1-4-7-5(2)9-6(3)8-4;1-5-3-4-7-6(2)8-5;3*1-2/h4-6H,1-3H3;3-6H,1-2H3;3-5H,1-2H3;2-6H,1H3;1-3H3;3-4H,1-2H3;3*1-2H3. The molecule has 6 aromatic rings. The molecule has 0 amide bonds. The van der Waals surface area contributed by atoms with Gasteiger partial charge in [0.15, 0.2) is 0 Å². The van der Waals surface area contributed by atoms with Gasteiger partial charge in [0.1, 0.15) is 23.3 Å². The van der Waals surface area contributed by atoms with Crippen molar-refractivity contribution in [3.63, 3.8) is 0 Å². The van der Waals surface area contributed by atoms with Crippen LogP contribution < -0.4 is 0 Å². The Balaban J connectivity index is -0.000000574. The van der Waals surface area contributed by atoms with Crippen molar-refractivity contribution in [1.29, 1.82) is 0 Å². The van der Waals surface area contributed by atoms with E-state index in [1.165, 1.54) is 33.4 Å². The van der Waals surface area contributed by atoms with Crippen molar-refractivity contribution in [2.45, 2.75) is 132 Å². The zero-order valence-electron chi connectivity index (χ0n) is 38.0. The van der Waals surface area contributed by atoms with Crippen LogP contribution in [0, 0.1) is 90.0 Å². The molecule has 300 valence electrons. The van der Waals surface area contributed by atoms with Crippen molar-refractivity contribution in [2.24, 2.45) is 0 Å². The van der Waals surface area contributed by atoms with Crippen LogP contribution in [0.3, 0.4) is 0 Å². The van der Waals surface area contributed by atoms with E-state index in [4.69, 9.17) is 0 Å². The van der Waals surface area contributed by atoms with E-state index >= 15 is 0 Å². The Morgan fingerprint density at radius 1 is 0.273 bits per heavy atom. The first-order valence-corrected chi connectivity index (χ1v) is 19.5. The topological polar surface area (TPSA) is 77.3 Å². The van der Waals surface area contributed by atoms with Crippen LogP contribution in [0.25, 0.3) is 0 Å². The average molecular weight is 747 g/mol. The third-order valence-corrected chi connectivity index (χ3v) is 6.39. The fraction of sp³-hybridized carbons (Fsp3) is 0.388. The normalized spacial score (nSPS) is 8.64. The molecular weight excluding hydrogens is 673 g/mol. The highest BCUT2D eigenvalue weighted by Gasteiger charge is 1.92. The maximum atomic E-state index is 4.17. The van der Waals surface area contributed by atoms with Crippen molar-refractivity contribution in [3.8, 4) is 0 Å². The molecule has 0 fully saturated rings. The van der Waals surface area contributed by atoms with Crippen LogP contribution >= 0.6 is 0 Å². The Morgan fingerprint density at radius 3 is 0.836 bits per heavy atom. The molecule has 0 N–H and O–H groups in total. The van der Waals surface area contributed by atoms with Gasteiger partial charge in [0.25, 0.3) is 0 Å². The molecule has 0 aliphatic rings. The second kappa shape index (κ2) is 34.7. The number of hydrogen-bond acceptors (Lipinski definition) is 6. The van der Waals surface area contributed by atoms with Gasteiger partial charge in [-0.2, -0.15) is 0 Å². The van der Waals surface area contributed by atoms with Crippen LogP contribution in [0.1, 0.15) is 115 Å². The molecule has 0 bridgehead atoms. The molecule has 6 nitrogen and oxygen atoms in total. The van der Waals surface area contributed by atoms with E-state index in [0.29, 0.717) is 0 Å². The number of rotatable bonds is 0. The lowest BCUT2D eigenvalue weighted by molar-refractivity contribution is 0.875. The summed E-state index contributed by atoms with van der Waals surface area (Å²) < 4.78 is 0. The fourth-order valence-corrected chi connectivity index (χ4v) is 4.57. The van der Waals surface area contributed by atoms with Gasteiger partial charge in [-0.1, -0.05) is 154 Å². The van der Waals surface area contributed by atoms with E-state index in [1.54, 1.807) is 6.20 Å². The Kier molecular flexibility index (Phi) is 34.2. The van der Waals surface area contributed by atoms with Gasteiger partial charge in [0.05, 0.1) is 0 Å². The SMILES string of the molecule is CC.CC.CC.Cc1cc(C)cc(C)c1.Cc1cccc(C)c1.Cc1cccc(C)n1.Cc1ccccc1.Cc1ccnc(C)n1.Cc1nc(C)nc(C)n1. The van der Waals surface area contributed by atoms with Crippen molar-refractivity contribution in [1.82, 2.24) is 29.9 Å². The predicted octanol–water partition coefficient (Wildman–Crippen LogP) is 13.6. The highest BCUT2D eigenvalue weighted by molar-refractivity contribution is 5.27. The average Bonchev–Trinajstić information content (AvgIpc) is 3.11. The third kappa shape index (κ3) is 33.2. The summed E-state index contributed by atoms with van der Waals surface area (Å²) >= 11 is 0. The van der Waals surface area contributed by atoms with E-state index in [2.05, 4.69) is 126 Å². The van der Waals surface area contributed by atoms with E-state index in [1.807, 2.05) is 132 Å². The van der Waals surface area contributed by atoms with Gasteiger partial charge in [0.2, 0.25) is 0 Å². The second-order valence-electron chi connectivity index (χ2n) is 12.1. The van der Waals surface area contributed by atoms with Crippen LogP contribution in [-0.4, -0.2) is 29.9 Å². The molecular formula is C49H74N6. The van der Waals surface area contributed by atoms with Gasteiger partial charge < -0.3 is 0 Å². The minimum atomic E-state index is 0.792. The number of nitrogens with zero attached hydrogens (tertiary/aromatic N) is 6. The maximum absolute atomic E-state index is 4.17. The van der Waals surface area contributed by atoms with Crippen LogP contribution in [0.15, 0.2) is 103 Å². The van der Waals surface area contributed by atoms with Crippen molar-refractivity contribution >= 4 is 0 Å². The monoisotopic (exact) mass is 747 g/mol. The molecule has 55 heavy (non-hydrogen) atoms. The van der Waals surface area contributed by atoms with Crippen LogP contribution in [-0.2, 0) is 0 Å². The molecule has 3 heterocycles. The molecule has 0 aliphatic heterocycles. The number of benzene rings is 3. The molecule has 0 unspecified atom stereocenters. The number of aromatic nitrogens is 6. The van der Waals surface area contributed by atoms with Gasteiger partial charge in [-0.05, 0) is 108 Å². The first-order chi connectivity index (χ1) is 26.1. The summed E-state index contributed by atoms with van der Waals surface area (Å²) in [7, 11) is 0. The smallest absolute Gasteiger partial charge is 0.129 e. The summed E-state index contributed by atoms with van der Waals surface area (Å²) in [5, 5.41) is 0. The van der Waals surface area contributed by atoms with E-state index in [0.717, 1.165) is 40.4 Å². The molecule has 6 rings (SSSR count). The number of hydrogen-bond donors (Lipinski definition) is 0. The Bertz CT molecular complexity index is 1490. The Morgan fingerprint density at radius 2 is 0.600 bits per heavy atom. The summed E-state index contributed by atoms with van der Waals surface area (Å²) in [6, 6.07) is 33.2. The van der Waals surface area contributed by atoms with Crippen molar-refractivity contribution < 1.29 is 0 Å².